The Morgan fingerprint density at radius 3 is 2.68 bits per heavy atom. The minimum Gasteiger partial charge on any atom is -0.322 e. The van der Waals surface area contributed by atoms with Crippen molar-refractivity contribution in [2.75, 3.05) is 5.32 Å². The summed E-state index contributed by atoms with van der Waals surface area (Å²) >= 11 is 1.30. The third-order valence-electron chi connectivity index (χ3n) is 4.07. The maximum atomic E-state index is 13.0. The van der Waals surface area contributed by atoms with Gasteiger partial charge >= 0.3 is 0 Å². The Labute approximate surface area is 161 Å². The first-order valence-electron chi connectivity index (χ1n) is 8.15. The van der Waals surface area contributed by atoms with Gasteiger partial charge in [0, 0.05) is 29.4 Å². The molecule has 0 radical (unpaired) electrons. The van der Waals surface area contributed by atoms with Crippen molar-refractivity contribution >= 4 is 33.6 Å². The van der Waals surface area contributed by atoms with Crippen molar-refractivity contribution in [1.82, 2.24) is 9.38 Å². The Morgan fingerprint density at radius 1 is 1.14 bits per heavy atom. The van der Waals surface area contributed by atoms with E-state index in [0.717, 1.165) is 5.56 Å². The van der Waals surface area contributed by atoms with Gasteiger partial charge in [-0.1, -0.05) is 36.4 Å². The van der Waals surface area contributed by atoms with Crippen molar-refractivity contribution in [1.29, 1.82) is 0 Å². The summed E-state index contributed by atoms with van der Waals surface area (Å²) in [6.45, 7) is 0. The molecule has 0 aliphatic heterocycles. The molecule has 28 heavy (non-hydrogen) atoms. The molecule has 4 aromatic rings. The van der Waals surface area contributed by atoms with Crippen LogP contribution in [0.25, 0.3) is 16.2 Å². The van der Waals surface area contributed by atoms with Crippen molar-refractivity contribution in [3.8, 4) is 11.3 Å². The van der Waals surface area contributed by atoms with Gasteiger partial charge in [0.15, 0.2) is 4.96 Å². The molecule has 1 amide bonds. The van der Waals surface area contributed by atoms with Crippen LogP contribution in [0, 0.1) is 10.1 Å². The minimum absolute atomic E-state index is 0.153. The molecule has 2 aromatic heterocycles. The van der Waals surface area contributed by atoms with Gasteiger partial charge in [-0.15, -0.1) is 11.3 Å². The predicted molar refractivity (Wildman–Crippen MR) is 106 cm³/mol. The van der Waals surface area contributed by atoms with Gasteiger partial charge in [0.05, 0.1) is 10.6 Å². The molecule has 0 saturated carbocycles. The molecule has 0 saturated heterocycles. The maximum absolute atomic E-state index is 13.0. The molecule has 0 unspecified atom stereocenters. The molecule has 0 bridgehead atoms. The minimum atomic E-state index is -0.683. The highest BCUT2D eigenvalue weighted by Crippen LogP contribution is 2.24. The summed E-state index contributed by atoms with van der Waals surface area (Å²) in [5.41, 5.74) is 0.870. The first-order chi connectivity index (χ1) is 13.5. The van der Waals surface area contributed by atoms with Crippen molar-refractivity contribution in [3.05, 3.63) is 92.2 Å². The monoisotopic (exact) mass is 392 g/mol. The van der Waals surface area contributed by atoms with Crippen LogP contribution in [-0.4, -0.2) is 20.2 Å². The van der Waals surface area contributed by atoms with Crippen LogP contribution >= 0.6 is 11.3 Å². The fraction of sp³-hybridized carbons (Fsp3) is 0. The number of rotatable bonds is 4. The third-order valence-corrected chi connectivity index (χ3v) is 4.91. The van der Waals surface area contributed by atoms with Gasteiger partial charge in [-0.05, 0) is 11.6 Å². The van der Waals surface area contributed by atoms with Gasteiger partial charge < -0.3 is 5.32 Å². The van der Waals surface area contributed by atoms with Crippen LogP contribution in [0.2, 0.25) is 0 Å². The van der Waals surface area contributed by atoms with Crippen LogP contribution in [0.3, 0.4) is 0 Å². The topological polar surface area (TPSA) is 107 Å². The molecule has 0 aliphatic carbocycles. The lowest BCUT2D eigenvalue weighted by atomic mass is 10.2. The zero-order valence-corrected chi connectivity index (χ0v) is 15.1. The van der Waals surface area contributed by atoms with Crippen LogP contribution in [0.15, 0.2) is 71.0 Å². The van der Waals surface area contributed by atoms with E-state index >= 15 is 0 Å². The lowest BCUT2D eigenvalue weighted by molar-refractivity contribution is -0.384. The normalized spacial score (nSPS) is 10.7. The second-order valence-corrected chi connectivity index (χ2v) is 6.68. The van der Waals surface area contributed by atoms with Gasteiger partial charge in [0.25, 0.3) is 17.2 Å². The Hall–Kier alpha value is -3.85. The highest BCUT2D eigenvalue weighted by molar-refractivity contribution is 7.15. The van der Waals surface area contributed by atoms with Crippen LogP contribution < -0.4 is 10.9 Å². The van der Waals surface area contributed by atoms with E-state index in [1.54, 1.807) is 5.38 Å². The molecular formula is C19H12N4O4S. The van der Waals surface area contributed by atoms with Crippen LogP contribution in [0.1, 0.15) is 10.4 Å². The average Bonchev–Trinajstić information content (AvgIpc) is 3.14. The van der Waals surface area contributed by atoms with Crippen LogP contribution in [0.5, 0.6) is 0 Å². The Balaban J connectivity index is 1.74. The number of carbonyl (C=O) groups is 1. The van der Waals surface area contributed by atoms with E-state index in [4.69, 9.17) is 0 Å². The van der Waals surface area contributed by atoms with Crippen molar-refractivity contribution in [2.45, 2.75) is 0 Å². The van der Waals surface area contributed by atoms with E-state index in [-0.39, 0.29) is 16.9 Å². The van der Waals surface area contributed by atoms with Crippen LogP contribution in [0.4, 0.5) is 11.4 Å². The zero-order valence-electron chi connectivity index (χ0n) is 14.2. The molecule has 0 fully saturated rings. The third kappa shape index (κ3) is 3.14. The van der Waals surface area contributed by atoms with E-state index in [2.05, 4.69) is 10.3 Å². The van der Waals surface area contributed by atoms with E-state index < -0.39 is 16.4 Å². The largest absolute Gasteiger partial charge is 0.322 e. The molecule has 138 valence electrons. The fourth-order valence-electron chi connectivity index (χ4n) is 2.75. The van der Waals surface area contributed by atoms with Gasteiger partial charge in [0.2, 0.25) is 0 Å². The number of fused-ring (bicyclic) bond motifs is 1. The summed E-state index contributed by atoms with van der Waals surface area (Å²) in [5.74, 6) is -0.683. The highest BCUT2D eigenvalue weighted by atomic mass is 32.1. The molecule has 4 rings (SSSR count). The number of nitro benzene ring substituents is 1. The Kier molecular flexibility index (Phi) is 4.42. The highest BCUT2D eigenvalue weighted by Gasteiger charge is 2.18. The molecule has 0 spiro atoms. The first kappa shape index (κ1) is 17.6. The SMILES string of the molecule is O=C(Nc1cccc([N+](=O)[O-])c1)c1cnc2scc(-c3ccccc3)n2c1=O. The summed E-state index contributed by atoms with van der Waals surface area (Å²) < 4.78 is 1.39. The summed E-state index contributed by atoms with van der Waals surface area (Å²) in [6.07, 6.45) is 1.22. The zero-order chi connectivity index (χ0) is 19.7. The van der Waals surface area contributed by atoms with E-state index in [1.807, 2.05) is 30.3 Å². The van der Waals surface area contributed by atoms with E-state index in [0.29, 0.717) is 10.7 Å². The maximum Gasteiger partial charge on any atom is 0.271 e. The van der Waals surface area contributed by atoms with Crippen molar-refractivity contribution < 1.29 is 9.72 Å². The standard InChI is InChI=1S/C19H12N4O4S/c24-17(21-13-7-4-8-14(9-13)23(26)27)15-10-20-19-22(18(15)25)16(11-28-19)12-5-2-1-3-6-12/h1-11H,(H,21,24). The van der Waals surface area contributed by atoms with Gasteiger partial charge in [0.1, 0.15) is 5.56 Å². The molecular weight excluding hydrogens is 380 g/mol. The quantitative estimate of drug-likeness (QED) is 0.422. The summed E-state index contributed by atoms with van der Waals surface area (Å²) in [7, 11) is 0. The lowest BCUT2D eigenvalue weighted by Gasteiger charge is -2.06. The number of benzene rings is 2. The van der Waals surface area contributed by atoms with Gasteiger partial charge in [-0.25, -0.2) is 4.98 Å². The summed E-state index contributed by atoms with van der Waals surface area (Å²) in [5, 5.41) is 15.2. The molecule has 9 heteroatoms. The number of hydrogen-bond donors (Lipinski definition) is 1. The average molecular weight is 392 g/mol. The first-order valence-corrected chi connectivity index (χ1v) is 9.03. The Morgan fingerprint density at radius 2 is 1.93 bits per heavy atom. The van der Waals surface area contributed by atoms with Crippen molar-refractivity contribution in [2.24, 2.45) is 0 Å². The summed E-state index contributed by atoms with van der Waals surface area (Å²) in [6, 6.07) is 14.8. The number of thiazole rings is 1. The molecule has 8 nitrogen and oxygen atoms in total. The number of nitro groups is 1. The Bertz CT molecular complexity index is 1260. The number of aromatic nitrogens is 2. The van der Waals surface area contributed by atoms with Crippen LogP contribution in [-0.2, 0) is 0 Å². The van der Waals surface area contributed by atoms with E-state index in [1.165, 1.54) is 46.2 Å². The number of non-ortho nitro benzene ring substituents is 1. The van der Waals surface area contributed by atoms with E-state index in [9.17, 15) is 19.7 Å². The summed E-state index contributed by atoms with van der Waals surface area (Å²) in [4.78, 5) is 40.5. The predicted octanol–water partition coefficient (Wildman–Crippen LogP) is 3.58. The number of nitrogens with zero attached hydrogens (tertiary/aromatic N) is 3. The number of nitrogens with one attached hydrogen (secondary N) is 1. The van der Waals surface area contributed by atoms with Gasteiger partial charge in [-0.3, -0.25) is 24.1 Å². The molecule has 1 N–H and O–H groups in total. The number of hydrogen-bond acceptors (Lipinski definition) is 6. The van der Waals surface area contributed by atoms with Gasteiger partial charge in [-0.2, -0.15) is 0 Å². The molecule has 0 aliphatic rings. The molecule has 2 aromatic carbocycles. The number of carbonyl (C=O) groups excluding carboxylic acids is 1. The lowest BCUT2D eigenvalue weighted by Crippen LogP contribution is -2.26. The number of anilines is 1. The molecule has 0 atom stereocenters. The van der Waals surface area contributed by atoms with Crippen molar-refractivity contribution in [3.63, 3.8) is 0 Å². The second-order valence-electron chi connectivity index (χ2n) is 5.84. The number of amides is 1. The fourth-order valence-corrected chi connectivity index (χ4v) is 3.61. The second kappa shape index (κ2) is 7.05. The molecule has 2 heterocycles. The smallest absolute Gasteiger partial charge is 0.271 e.